The molecule has 2 N–H and O–H groups in total. The minimum absolute atomic E-state index is 0.242. The second kappa shape index (κ2) is 3.50. The summed E-state index contributed by atoms with van der Waals surface area (Å²) in [5.41, 5.74) is 0. The number of hydrogen-bond acceptors (Lipinski definition) is 4. The van der Waals surface area contributed by atoms with Gasteiger partial charge in [0.1, 0.15) is 24.9 Å². The van der Waals surface area contributed by atoms with Crippen LogP contribution in [-0.4, -0.2) is 35.1 Å². The maximum atomic E-state index is 9.12. The first-order chi connectivity index (χ1) is 4.79. The topological polar surface area (TPSA) is 58.9 Å². The van der Waals surface area contributed by atoms with Crippen LogP contribution < -0.4 is 0 Å². The predicted molar refractivity (Wildman–Crippen MR) is 33.0 cm³/mol. The van der Waals surface area contributed by atoms with Crippen molar-refractivity contribution in [1.82, 2.24) is 0 Å². The average molecular weight is 168 g/mol. The molecule has 0 aliphatic carbocycles. The first-order valence-electron chi connectivity index (χ1n) is 2.84. The van der Waals surface area contributed by atoms with Crippen molar-refractivity contribution in [3.05, 3.63) is 6.61 Å². The summed E-state index contributed by atoms with van der Waals surface area (Å²) in [6.07, 6.45) is -2.12. The molecule has 1 radical (unpaired) electrons. The van der Waals surface area contributed by atoms with Crippen LogP contribution in [0.2, 0.25) is 0 Å². The summed E-state index contributed by atoms with van der Waals surface area (Å²) in [6.45, 7) is 1.02. The highest BCUT2D eigenvalue weighted by Gasteiger charge is 2.36. The zero-order valence-corrected chi connectivity index (χ0v) is 5.86. The molecule has 59 valence electrons. The molecule has 0 saturated carbocycles. The molecule has 0 spiro atoms. The van der Waals surface area contributed by atoms with E-state index in [0.29, 0.717) is 0 Å². The number of rotatable bonds is 2. The van der Waals surface area contributed by atoms with Gasteiger partial charge in [-0.1, -0.05) is 0 Å². The maximum Gasteiger partial charge on any atom is 0.136 e. The molecule has 0 amide bonds. The number of aliphatic hydroxyl groups is 2. The van der Waals surface area contributed by atoms with E-state index in [2.05, 4.69) is 4.29 Å². The molecule has 0 aromatic heterocycles. The zero-order chi connectivity index (χ0) is 7.56. The van der Waals surface area contributed by atoms with Crippen LogP contribution in [0, 0.1) is 6.61 Å². The van der Waals surface area contributed by atoms with Crippen molar-refractivity contribution in [1.29, 1.82) is 0 Å². The molecule has 4 nitrogen and oxygen atoms in total. The van der Waals surface area contributed by atoms with Gasteiger partial charge in [0.15, 0.2) is 0 Å². The third kappa shape index (κ3) is 1.41. The fourth-order valence-corrected chi connectivity index (χ4v) is 0.923. The van der Waals surface area contributed by atoms with Gasteiger partial charge in [0.25, 0.3) is 0 Å². The summed E-state index contributed by atoms with van der Waals surface area (Å²) in [6, 6.07) is 0. The normalized spacial score (nSPS) is 40.5. The van der Waals surface area contributed by atoms with Crippen molar-refractivity contribution >= 4 is 11.9 Å². The maximum absolute atomic E-state index is 9.12. The summed E-state index contributed by atoms with van der Waals surface area (Å²) in [7, 11) is 0. The van der Waals surface area contributed by atoms with E-state index in [9.17, 15) is 0 Å². The van der Waals surface area contributed by atoms with Gasteiger partial charge in [-0.2, -0.15) is 0 Å². The Morgan fingerprint density at radius 1 is 1.70 bits per heavy atom. The van der Waals surface area contributed by atoms with E-state index in [1.165, 1.54) is 6.61 Å². The lowest BCUT2D eigenvalue weighted by molar-refractivity contribution is 0.00220. The highest BCUT2D eigenvalue weighted by molar-refractivity contribution is 6.07. The lowest BCUT2D eigenvalue weighted by atomic mass is 10.2. The van der Waals surface area contributed by atoms with Crippen LogP contribution in [0.1, 0.15) is 0 Å². The molecular weight excluding hydrogens is 160 g/mol. The molecule has 3 atom stereocenters. The minimum atomic E-state index is -0.873. The van der Waals surface area contributed by atoms with Crippen molar-refractivity contribution in [2.24, 2.45) is 0 Å². The van der Waals surface area contributed by atoms with Gasteiger partial charge in [-0.15, -0.1) is 0 Å². The number of hydrogen-bond donors (Lipinski definition) is 2. The van der Waals surface area contributed by atoms with Crippen LogP contribution in [0.25, 0.3) is 0 Å². The SMILES string of the molecule is OCC1O[CH]C(OCl)C1O. The summed E-state index contributed by atoms with van der Waals surface area (Å²) < 4.78 is 9.07. The third-order valence-corrected chi connectivity index (χ3v) is 1.59. The second-order valence-corrected chi connectivity index (χ2v) is 2.22. The van der Waals surface area contributed by atoms with E-state index in [1.54, 1.807) is 0 Å². The van der Waals surface area contributed by atoms with Crippen LogP contribution in [0.15, 0.2) is 0 Å². The van der Waals surface area contributed by atoms with E-state index < -0.39 is 18.3 Å². The van der Waals surface area contributed by atoms with Crippen LogP contribution >= 0.6 is 11.9 Å². The molecule has 0 bridgehead atoms. The Bertz CT molecular complexity index is 97.8. The summed E-state index contributed by atoms with van der Waals surface area (Å²) >= 11 is 4.97. The first-order valence-corrected chi connectivity index (χ1v) is 3.15. The van der Waals surface area contributed by atoms with Gasteiger partial charge in [0.2, 0.25) is 0 Å². The minimum Gasteiger partial charge on any atom is -0.394 e. The highest BCUT2D eigenvalue weighted by Crippen LogP contribution is 2.20. The average Bonchev–Trinajstić information content (AvgIpc) is 2.30. The van der Waals surface area contributed by atoms with Crippen molar-refractivity contribution < 1.29 is 19.2 Å². The molecular formula is C5H8ClO4. The summed E-state index contributed by atoms with van der Waals surface area (Å²) in [4.78, 5) is 0. The lowest BCUT2D eigenvalue weighted by Gasteiger charge is -2.11. The monoisotopic (exact) mass is 167 g/mol. The third-order valence-electron chi connectivity index (χ3n) is 1.39. The van der Waals surface area contributed by atoms with Gasteiger partial charge in [0.05, 0.1) is 18.5 Å². The lowest BCUT2D eigenvalue weighted by Crippen LogP contribution is -2.32. The van der Waals surface area contributed by atoms with Gasteiger partial charge in [-0.3, -0.25) is 4.29 Å². The Balaban J connectivity index is 2.41. The van der Waals surface area contributed by atoms with Gasteiger partial charge < -0.3 is 14.9 Å². The number of ether oxygens (including phenoxy) is 1. The Morgan fingerprint density at radius 3 is 2.70 bits per heavy atom. The molecule has 1 aliphatic heterocycles. The molecule has 10 heavy (non-hydrogen) atoms. The number of halogens is 1. The summed E-state index contributed by atoms with van der Waals surface area (Å²) in [5.74, 6) is 0. The van der Waals surface area contributed by atoms with Gasteiger partial charge in [-0.25, -0.2) is 0 Å². The van der Waals surface area contributed by atoms with Crippen molar-refractivity contribution in [2.45, 2.75) is 18.3 Å². The first kappa shape index (κ1) is 8.23. The van der Waals surface area contributed by atoms with E-state index in [4.69, 9.17) is 26.8 Å². The van der Waals surface area contributed by atoms with Gasteiger partial charge in [0, 0.05) is 0 Å². The summed E-state index contributed by atoms with van der Waals surface area (Å²) in [5, 5.41) is 17.7. The van der Waals surface area contributed by atoms with Crippen LogP contribution in [0.4, 0.5) is 0 Å². The molecule has 1 saturated heterocycles. The molecule has 1 heterocycles. The van der Waals surface area contributed by atoms with Crippen LogP contribution in [0.5, 0.6) is 0 Å². The quantitative estimate of drug-likeness (QED) is 0.579. The largest absolute Gasteiger partial charge is 0.394 e. The zero-order valence-electron chi connectivity index (χ0n) is 5.11. The van der Waals surface area contributed by atoms with Gasteiger partial charge in [-0.05, 0) is 0 Å². The molecule has 1 fully saturated rings. The Kier molecular flexibility index (Phi) is 2.88. The second-order valence-electron chi connectivity index (χ2n) is 2.04. The fraction of sp³-hybridized carbons (Fsp3) is 0.800. The molecule has 1 aliphatic rings. The molecule has 3 unspecified atom stereocenters. The van der Waals surface area contributed by atoms with Crippen LogP contribution in [-0.2, 0) is 9.03 Å². The Hall–Kier alpha value is 0.130. The predicted octanol–water partition coefficient (Wildman–Crippen LogP) is -0.561. The Labute approximate surface area is 63.5 Å². The molecule has 5 heteroatoms. The van der Waals surface area contributed by atoms with Crippen molar-refractivity contribution in [3.63, 3.8) is 0 Å². The standard InChI is InChI=1S/C5H8ClO4/c6-10-4-2-9-3(1-7)5(4)8/h2-5,7-8H,1H2. The van der Waals surface area contributed by atoms with Gasteiger partial charge >= 0.3 is 0 Å². The molecule has 1 rings (SSSR count). The Morgan fingerprint density at radius 2 is 2.40 bits per heavy atom. The van der Waals surface area contributed by atoms with E-state index in [-0.39, 0.29) is 6.61 Å². The van der Waals surface area contributed by atoms with E-state index in [0.717, 1.165) is 0 Å². The highest BCUT2D eigenvalue weighted by atomic mass is 35.5. The molecule has 0 aromatic carbocycles. The van der Waals surface area contributed by atoms with E-state index in [1.807, 2.05) is 0 Å². The van der Waals surface area contributed by atoms with E-state index >= 15 is 0 Å². The smallest absolute Gasteiger partial charge is 0.136 e. The van der Waals surface area contributed by atoms with Crippen LogP contribution in [0.3, 0.4) is 0 Å². The fourth-order valence-electron chi connectivity index (χ4n) is 0.776. The number of aliphatic hydroxyl groups excluding tert-OH is 2. The molecule has 0 aromatic rings. The van der Waals surface area contributed by atoms with Crippen molar-refractivity contribution in [3.8, 4) is 0 Å². The van der Waals surface area contributed by atoms with Crippen molar-refractivity contribution in [2.75, 3.05) is 6.61 Å².